The first-order chi connectivity index (χ1) is 6.59. The molecule has 0 radical (unpaired) electrons. The molecule has 1 rings (SSSR count). The average molecular weight is 201 g/mol. The van der Waals surface area contributed by atoms with Gasteiger partial charge in [-0.15, -0.1) is 0 Å². The molecular formula is C7H11N3O4. The predicted octanol–water partition coefficient (Wildman–Crippen LogP) is -2.20. The zero-order chi connectivity index (χ0) is 10.6. The number of carbonyl (C=O) groups is 3. The molecule has 3 amide bonds. The molecule has 7 heteroatoms. The van der Waals surface area contributed by atoms with E-state index in [1.165, 1.54) is 0 Å². The molecule has 4 N–H and O–H groups in total. The van der Waals surface area contributed by atoms with Gasteiger partial charge in [0.1, 0.15) is 6.04 Å². The second-order valence-corrected chi connectivity index (χ2v) is 2.88. The Morgan fingerprint density at radius 3 is 2.86 bits per heavy atom. The van der Waals surface area contributed by atoms with Gasteiger partial charge in [-0.2, -0.15) is 0 Å². The fourth-order valence-electron chi connectivity index (χ4n) is 1.06. The van der Waals surface area contributed by atoms with E-state index < -0.39 is 17.9 Å². The molecule has 0 saturated carbocycles. The Morgan fingerprint density at radius 1 is 1.64 bits per heavy atom. The molecule has 1 heterocycles. The number of hydroxylamine groups is 1. The monoisotopic (exact) mass is 201 g/mol. The van der Waals surface area contributed by atoms with Crippen LogP contribution in [0.5, 0.6) is 0 Å². The smallest absolute Gasteiger partial charge is 0.266 e. The van der Waals surface area contributed by atoms with E-state index in [-0.39, 0.29) is 12.5 Å². The second-order valence-electron chi connectivity index (χ2n) is 2.88. The summed E-state index contributed by atoms with van der Waals surface area (Å²) in [5, 5.41) is 2.44. The van der Waals surface area contributed by atoms with Gasteiger partial charge in [-0.05, 0) is 6.42 Å². The Morgan fingerprint density at radius 2 is 2.36 bits per heavy atom. The van der Waals surface area contributed by atoms with Crippen LogP contribution in [0.4, 0.5) is 0 Å². The van der Waals surface area contributed by atoms with Gasteiger partial charge in [0.2, 0.25) is 11.8 Å². The number of nitrogens with one attached hydrogen (secondary N) is 2. The number of hydrogen-bond acceptors (Lipinski definition) is 4. The molecule has 0 unspecified atom stereocenters. The molecule has 1 aliphatic rings. The Hall–Kier alpha value is -1.63. The van der Waals surface area contributed by atoms with Gasteiger partial charge in [0.05, 0.1) is 0 Å². The Balaban J connectivity index is 2.22. The van der Waals surface area contributed by atoms with Crippen LogP contribution in [0.1, 0.15) is 12.8 Å². The summed E-state index contributed by atoms with van der Waals surface area (Å²) < 4.78 is 0. The highest BCUT2D eigenvalue weighted by Crippen LogP contribution is 2.05. The van der Waals surface area contributed by atoms with Crippen molar-refractivity contribution in [3.05, 3.63) is 0 Å². The first-order valence-corrected chi connectivity index (χ1v) is 4.09. The maximum atomic E-state index is 11.2. The summed E-state index contributed by atoms with van der Waals surface area (Å²) in [6.45, 7) is -0.383. The van der Waals surface area contributed by atoms with Crippen molar-refractivity contribution in [3.8, 4) is 0 Å². The lowest BCUT2D eigenvalue weighted by Crippen LogP contribution is -2.42. The minimum atomic E-state index is -0.680. The highest BCUT2D eigenvalue weighted by Gasteiger charge is 2.27. The molecule has 0 bridgehead atoms. The lowest BCUT2D eigenvalue weighted by molar-refractivity contribution is -0.140. The first kappa shape index (κ1) is 10.5. The molecule has 1 saturated heterocycles. The van der Waals surface area contributed by atoms with Crippen molar-refractivity contribution in [1.29, 1.82) is 0 Å². The van der Waals surface area contributed by atoms with Crippen LogP contribution in [-0.2, 0) is 19.2 Å². The second kappa shape index (κ2) is 4.56. The van der Waals surface area contributed by atoms with Crippen molar-refractivity contribution < 1.29 is 19.2 Å². The van der Waals surface area contributed by atoms with E-state index >= 15 is 0 Å². The predicted molar refractivity (Wildman–Crippen MR) is 44.5 cm³/mol. The molecule has 14 heavy (non-hydrogen) atoms. The lowest BCUT2D eigenvalue weighted by atomic mass is 10.2. The standard InChI is InChI=1S/C7H11N3O4/c8-5(11)3-14-10-7(13)4-1-2-6(12)9-4/h4H,1-3H2,(H2,8,11)(H,9,12)(H,10,13)/t4-/m1/s1. The molecule has 1 aliphatic heterocycles. The van der Waals surface area contributed by atoms with Crippen molar-refractivity contribution in [2.24, 2.45) is 5.73 Å². The summed E-state index contributed by atoms with van der Waals surface area (Å²) >= 11 is 0. The molecule has 1 atom stereocenters. The largest absolute Gasteiger partial charge is 0.368 e. The zero-order valence-electron chi connectivity index (χ0n) is 7.41. The van der Waals surface area contributed by atoms with Crippen LogP contribution in [-0.4, -0.2) is 30.4 Å². The molecular weight excluding hydrogens is 190 g/mol. The van der Waals surface area contributed by atoms with Gasteiger partial charge in [0, 0.05) is 6.42 Å². The first-order valence-electron chi connectivity index (χ1n) is 4.09. The van der Waals surface area contributed by atoms with Crippen molar-refractivity contribution in [2.45, 2.75) is 18.9 Å². The molecule has 78 valence electrons. The Labute approximate surface area is 79.9 Å². The molecule has 0 aromatic rings. The summed E-state index contributed by atoms with van der Waals surface area (Å²) in [6.07, 6.45) is 0.762. The van der Waals surface area contributed by atoms with Crippen LogP contribution < -0.4 is 16.5 Å². The van der Waals surface area contributed by atoms with Crippen LogP contribution >= 0.6 is 0 Å². The van der Waals surface area contributed by atoms with Gasteiger partial charge in [0.15, 0.2) is 6.61 Å². The topological polar surface area (TPSA) is 111 Å². The maximum absolute atomic E-state index is 11.2. The number of rotatable bonds is 4. The van der Waals surface area contributed by atoms with E-state index in [0.29, 0.717) is 12.8 Å². The van der Waals surface area contributed by atoms with E-state index in [1.807, 2.05) is 5.48 Å². The quantitative estimate of drug-likeness (QED) is 0.448. The van der Waals surface area contributed by atoms with Crippen LogP contribution in [0.25, 0.3) is 0 Å². The molecule has 0 aromatic heterocycles. The van der Waals surface area contributed by atoms with E-state index in [0.717, 1.165) is 0 Å². The maximum Gasteiger partial charge on any atom is 0.266 e. The van der Waals surface area contributed by atoms with E-state index in [1.54, 1.807) is 0 Å². The van der Waals surface area contributed by atoms with E-state index in [9.17, 15) is 14.4 Å². The van der Waals surface area contributed by atoms with Crippen LogP contribution in [0.2, 0.25) is 0 Å². The van der Waals surface area contributed by atoms with Gasteiger partial charge in [-0.1, -0.05) is 0 Å². The number of carbonyl (C=O) groups excluding carboxylic acids is 3. The minimum absolute atomic E-state index is 0.167. The summed E-state index contributed by atoms with van der Waals surface area (Å²) in [5.74, 6) is -1.32. The molecule has 1 fully saturated rings. The number of amides is 3. The molecule has 0 aromatic carbocycles. The summed E-state index contributed by atoms with van der Waals surface area (Å²) in [5.41, 5.74) is 6.79. The third-order valence-electron chi connectivity index (χ3n) is 1.70. The van der Waals surface area contributed by atoms with Crippen LogP contribution in [0.3, 0.4) is 0 Å². The summed E-state index contributed by atoms with van der Waals surface area (Å²) in [4.78, 5) is 36.6. The fraction of sp³-hybridized carbons (Fsp3) is 0.571. The lowest BCUT2D eigenvalue weighted by Gasteiger charge is -2.09. The van der Waals surface area contributed by atoms with Gasteiger partial charge in [-0.3, -0.25) is 19.2 Å². The van der Waals surface area contributed by atoms with Crippen LogP contribution in [0.15, 0.2) is 0 Å². The zero-order valence-corrected chi connectivity index (χ0v) is 7.41. The van der Waals surface area contributed by atoms with Gasteiger partial charge >= 0.3 is 0 Å². The van der Waals surface area contributed by atoms with Gasteiger partial charge in [-0.25, -0.2) is 5.48 Å². The third kappa shape index (κ3) is 3.02. The third-order valence-corrected chi connectivity index (χ3v) is 1.70. The normalized spacial score (nSPS) is 20.3. The highest BCUT2D eigenvalue weighted by atomic mass is 16.7. The van der Waals surface area contributed by atoms with Gasteiger partial charge < -0.3 is 11.1 Å². The summed E-state index contributed by atoms with van der Waals surface area (Å²) in [6, 6.07) is -0.574. The molecule has 0 aliphatic carbocycles. The average Bonchev–Trinajstić information content (AvgIpc) is 2.51. The van der Waals surface area contributed by atoms with Crippen molar-refractivity contribution in [2.75, 3.05) is 6.61 Å². The fourth-order valence-corrected chi connectivity index (χ4v) is 1.06. The SMILES string of the molecule is NC(=O)CONC(=O)[C@H]1CCC(=O)N1. The molecule has 7 nitrogen and oxygen atoms in total. The van der Waals surface area contributed by atoms with Crippen molar-refractivity contribution >= 4 is 17.7 Å². The van der Waals surface area contributed by atoms with Gasteiger partial charge in [0.25, 0.3) is 5.91 Å². The Kier molecular flexibility index (Phi) is 3.41. The Bertz CT molecular complexity index is 266. The van der Waals surface area contributed by atoms with Crippen LogP contribution in [0, 0.1) is 0 Å². The number of primary amides is 1. The minimum Gasteiger partial charge on any atom is -0.368 e. The number of hydrogen-bond donors (Lipinski definition) is 3. The van der Waals surface area contributed by atoms with Crippen molar-refractivity contribution in [3.63, 3.8) is 0 Å². The summed E-state index contributed by atoms with van der Waals surface area (Å²) in [7, 11) is 0. The van der Waals surface area contributed by atoms with E-state index in [4.69, 9.17) is 5.73 Å². The van der Waals surface area contributed by atoms with Crippen molar-refractivity contribution in [1.82, 2.24) is 10.8 Å². The number of nitrogens with two attached hydrogens (primary N) is 1. The highest BCUT2D eigenvalue weighted by molar-refractivity contribution is 5.90. The van der Waals surface area contributed by atoms with E-state index in [2.05, 4.69) is 10.2 Å². The molecule has 0 spiro atoms.